The van der Waals surface area contributed by atoms with E-state index in [4.69, 9.17) is 16.3 Å². The summed E-state index contributed by atoms with van der Waals surface area (Å²) in [5, 5.41) is 6.52. The second-order valence-corrected chi connectivity index (χ2v) is 6.22. The number of carbonyl (C=O) groups excluding carboxylic acids is 1. The molecule has 3 rings (SSSR count). The van der Waals surface area contributed by atoms with E-state index < -0.39 is 0 Å². The van der Waals surface area contributed by atoms with E-state index in [0.717, 1.165) is 23.4 Å². The van der Waals surface area contributed by atoms with Crippen molar-refractivity contribution in [2.24, 2.45) is 0 Å². The van der Waals surface area contributed by atoms with Crippen molar-refractivity contribution in [1.29, 1.82) is 0 Å². The van der Waals surface area contributed by atoms with Crippen LogP contribution < -0.4 is 15.4 Å². The summed E-state index contributed by atoms with van der Waals surface area (Å²) in [5.74, 6) is 0.997. The molecule has 138 valence electrons. The number of nitrogens with one attached hydrogen (secondary N) is 2. The number of halogens is 1. The molecule has 7 heteroatoms. The molecule has 0 unspecified atom stereocenters. The van der Waals surface area contributed by atoms with Gasteiger partial charge in [0.25, 0.3) is 5.91 Å². The van der Waals surface area contributed by atoms with Crippen LogP contribution in [0, 0.1) is 0 Å². The fraction of sp³-hybridized carbons (Fsp3) is 0.150. The molecule has 1 amide bonds. The van der Waals surface area contributed by atoms with Crippen molar-refractivity contribution >= 4 is 29.1 Å². The SMILES string of the molecule is COc1ccc(CCNC(=O)c2cnc(Nc3cccc(Cl)c3)nc2)cc1. The first kappa shape index (κ1) is 18.7. The lowest BCUT2D eigenvalue weighted by Gasteiger charge is -2.07. The van der Waals surface area contributed by atoms with Crippen LogP contribution in [-0.4, -0.2) is 29.5 Å². The van der Waals surface area contributed by atoms with Crippen LogP contribution in [0.1, 0.15) is 15.9 Å². The van der Waals surface area contributed by atoms with Gasteiger partial charge in [0, 0.05) is 29.6 Å². The van der Waals surface area contributed by atoms with Gasteiger partial charge in [0.05, 0.1) is 12.7 Å². The van der Waals surface area contributed by atoms with Crippen LogP contribution in [0.25, 0.3) is 0 Å². The van der Waals surface area contributed by atoms with Crippen LogP contribution >= 0.6 is 11.6 Å². The number of ether oxygens (including phenoxy) is 1. The molecule has 0 fully saturated rings. The summed E-state index contributed by atoms with van der Waals surface area (Å²) in [6.45, 7) is 0.522. The van der Waals surface area contributed by atoms with Gasteiger partial charge >= 0.3 is 0 Å². The topological polar surface area (TPSA) is 76.1 Å². The first-order chi connectivity index (χ1) is 13.1. The monoisotopic (exact) mass is 382 g/mol. The second-order valence-electron chi connectivity index (χ2n) is 5.78. The molecular weight excluding hydrogens is 364 g/mol. The molecule has 0 atom stereocenters. The van der Waals surface area contributed by atoms with Crippen molar-refractivity contribution in [2.45, 2.75) is 6.42 Å². The van der Waals surface area contributed by atoms with E-state index in [1.54, 1.807) is 19.2 Å². The molecule has 0 saturated heterocycles. The highest BCUT2D eigenvalue weighted by Crippen LogP contribution is 2.17. The summed E-state index contributed by atoms with van der Waals surface area (Å²) in [5.41, 5.74) is 2.30. The third-order valence-corrected chi connectivity index (χ3v) is 4.09. The molecule has 0 aliphatic heterocycles. The number of rotatable bonds is 7. The van der Waals surface area contributed by atoms with Gasteiger partial charge in [0.2, 0.25) is 5.95 Å². The number of nitrogens with zero attached hydrogens (tertiary/aromatic N) is 2. The van der Waals surface area contributed by atoms with Crippen molar-refractivity contribution < 1.29 is 9.53 Å². The third kappa shape index (κ3) is 5.43. The maximum Gasteiger partial charge on any atom is 0.254 e. The molecule has 3 aromatic rings. The largest absolute Gasteiger partial charge is 0.497 e. The Labute approximate surface area is 162 Å². The van der Waals surface area contributed by atoms with Crippen molar-refractivity contribution in [2.75, 3.05) is 19.0 Å². The molecular formula is C20H19ClN4O2. The Morgan fingerprint density at radius 3 is 2.52 bits per heavy atom. The summed E-state index contributed by atoms with van der Waals surface area (Å²) in [7, 11) is 1.63. The summed E-state index contributed by atoms with van der Waals surface area (Å²) < 4.78 is 5.13. The van der Waals surface area contributed by atoms with E-state index in [-0.39, 0.29) is 5.91 Å². The number of hydrogen-bond donors (Lipinski definition) is 2. The number of anilines is 2. The standard InChI is InChI=1S/C20H19ClN4O2/c1-27-18-7-5-14(6-8-18)9-10-22-19(26)15-12-23-20(24-13-15)25-17-4-2-3-16(21)11-17/h2-8,11-13H,9-10H2,1H3,(H,22,26)(H,23,24,25). The van der Waals surface area contributed by atoms with Crippen molar-refractivity contribution in [1.82, 2.24) is 15.3 Å². The number of aromatic nitrogens is 2. The molecule has 0 aliphatic carbocycles. The zero-order valence-electron chi connectivity index (χ0n) is 14.8. The van der Waals surface area contributed by atoms with Gasteiger partial charge < -0.3 is 15.4 Å². The maximum absolute atomic E-state index is 12.2. The minimum Gasteiger partial charge on any atom is -0.497 e. The smallest absolute Gasteiger partial charge is 0.254 e. The summed E-state index contributed by atoms with van der Waals surface area (Å²) in [6.07, 6.45) is 3.70. The Kier molecular flexibility index (Phi) is 6.22. The second kappa shape index (κ2) is 9.00. The van der Waals surface area contributed by atoms with Gasteiger partial charge in [-0.05, 0) is 42.3 Å². The lowest BCUT2D eigenvalue weighted by molar-refractivity contribution is 0.0953. The summed E-state index contributed by atoms with van der Waals surface area (Å²) in [6, 6.07) is 15.0. The molecule has 6 nitrogen and oxygen atoms in total. The number of methoxy groups -OCH3 is 1. The van der Waals surface area contributed by atoms with E-state index in [0.29, 0.717) is 23.1 Å². The molecule has 2 aromatic carbocycles. The van der Waals surface area contributed by atoms with Gasteiger partial charge in [-0.25, -0.2) is 9.97 Å². The highest BCUT2D eigenvalue weighted by Gasteiger charge is 2.07. The zero-order chi connectivity index (χ0) is 19.1. The minimum absolute atomic E-state index is 0.210. The first-order valence-electron chi connectivity index (χ1n) is 8.40. The summed E-state index contributed by atoms with van der Waals surface area (Å²) in [4.78, 5) is 20.5. The third-order valence-electron chi connectivity index (χ3n) is 3.85. The molecule has 0 spiro atoms. The van der Waals surface area contributed by atoms with Gasteiger partial charge in [-0.2, -0.15) is 0 Å². The van der Waals surface area contributed by atoms with Gasteiger partial charge in [0.1, 0.15) is 5.75 Å². The number of hydrogen-bond acceptors (Lipinski definition) is 5. The van der Waals surface area contributed by atoms with E-state index in [1.165, 1.54) is 12.4 Å². The molecule has 0 radical (unpaired) electrons. The van der Waals surface area contributed by atoms with E-state index >= 15 is 0 Å². The van der Waals surface area contributed by atoms with E-state index in [1.807, 2.05) is 36.4 Å². The number of amides is 1. The average molecular weight is 383 g/mol. The summed E-state index contributed by atoms with van der Waals surface area (Å²) >= 11 is 5.95. The number of benzene rings is 2. The van der Waals surface area contributed by atoms with Crippen LogP contribution in [0.4, 0.5) is 11.6 Å². The minimum atomic E-state index is -0.210. The van der Waals surface area contributed by atoms with Gasteiger partial charge in [0.15, 0.2) is 0 Å². The predicted molar refractivity (Wildman–Crippen MR) is 106 cm³/mol. The van der Waals surface area contributed by atoms with Crippen molar-refractivity contribution in [3.63, 3.8) is 0 Å². The van der Waals surface area contributed by atoms with E-state index in [2.05, 4.69) is 20.6 Å². The maximum atomic E-state index is 12.2. The van der Waals surface area contributed by atoms with Gasteiger partial charge in [-0.15, -0.1) is 0 Å². The van der Waals surface area contributed by atoms with Gasteiger partial charge in [-0.1, -0.05) is 29.8 Å². The molecule has 0 saturated carbocycles. The molecule has 1 aromatic heterocycles. The zero-order valence-corrected chi connectivity index (χ0v) is 15.5. The van der Waals surface area contributed by atoms with Gasteiger partial charge in [-0.3, -0.25) is 4.79 Å². The normalized spacial score (nSPS) is 10.3. The quantitative estimate of drug-likeness (QED) is 0.649. The lowest BCUT2D eigenvalue weighted by atomic mass is 10.1. The van der Waals surface area contributed by atoms with Crippen molar-refractivity contribution in [3.05, 3.63) is 77.1 Å². The Morgan fingerprint density at radius 1 is 1.11 bits per heavy atom. The van der Waals surface area contributed by atoms with Crippen LogP contribution in [0.3, 0.4) is 0 Å². The lowest BCUT2D eigenvalue weighted by Crippen LogP contribution is -2.26. The predicted octanol–water partition coefficient (Wildman–Crippen LogP) is 3.85. The Morgan fingerprint density at radius 2 is 1.85 bits per heavy atom. The molecule has 0 bridgehead atoms. The van der Waals surface area contributed by atoms with Crippen LogP contribution in [-0.2, 0) is 6.42 Å². The Hall–Kier alpha value is -3.12. The number of carbonyl (C=O) groups is 1. The van der Waals surface area contributed by atoms with Crippen LogP contribution in [0.2, 0.25) is 5.02 Å². The first-order valence-corrected chi connectivity index (χ1v) is 8.77. The Balaban J connectivity index is 1.51. The highest BCUT2D eigenvalue weighted by atomic mass is 35.5. The fourth-order valence-corrected chi connectivity index (χ4v) is 2.61. The Bertz CT molecular complexity index is 899. The van der Waals surface area contributed by atoms with Crippen LogP contribution in [0.5, 0.6) is 5.75 Å². The fourth-order valence-electron chi connectivity index (χ4n) is 2.42. The highest BCUT2D eigenvalue weighted by molar-refractivity contribution is 6.30. The molecule has 2 N–H and O–H groups in total. The average Bonchev–Trinajstić information content (AvgIpc) is 2.69. The van der Waals surface area contributed by atoms with E-state index in [9.17, 15) is 4.79 Å². The van der Waals surface area contributed by atoms with Crippen molar-refractivity contribution in [3.8, 4) is 5.75 Å². The molecule has 0 aliphatic rings. The van der Waals surface area contributed by atoms with Crippen LogP contribution in [0.15, 0.2) is 60.9 Å². The molecule has 27 heavy (non-hydrogen) atoms. The molecule has 1 heterocycles.